The van der Waals surface area contributed by atoms with Crippen LogP contribution in [0.2, 0.25) is 0 Å². The molecule has 1 atom stereocenters. The average molecular weight is 446 g/mol. The number of ether oxygens (including phenoxy) is 4. The standard InChI is InChI=1S/C25H22N2O6/c1-14-9-21-23(25(28)32-14)22(19(12-26)24(27)33-21)15-7-8-20(30-3)16(10-15)13-31-18-6-4-5-17(11-18)29-2/h4-11,22H,13,27H2,1-3H3/t22-/m0/s1. The monoisotopic (exact) mass is 446 g/mol. The lowest BCUT2D eigenvalue weighted by Crippen LogP contribution is -2.26. The number of fused-ring (bicyclic) bond motifs is 1. The number of rotatable bonds is 6. The van der Waals surface area contributed by atoms with Crippen LogP contribution < -0.4 is 30.3 Å². The van der Waals surface area contributed by atoms with Crippen molar-refractivity contribution in [2.75, 3.05) is 14.2 Å². The van der Waals surface area contributed by atoms with Gasteiger partial charge in [-0.2, -0.15) is 5.26 Å². The number of benzene rings is 2. The summed E-state index contributed by atoms with van der Waals surface area (Å²) in [6.45, 7) is 1.82. The van der Waals surface area contributed by atoms with Crippen LogP contribution in [0.1, 0.15) is 28.4 Å². The van der Waals surface area contributed by atoms with Gasteiger partial charge >= 0.3 is 5.63 Å². The molecular weight excluding hydrogens is 424 g/mol. The number of allylic oxidation sites excluding steroid dienone is 1. The lowest BCUT2D eigenvalue weighted by atomic mass is 9.83. The van der Waals surface area contributed by atoms with Crippen molar-refractivity contribution in [2.45, 2.75) is 19.4 Å². The first-order valence-electron chi connectivity index (χ1n) is 10.1. The lowest BCUT2D eigenvalue weighted by Gasteiger charge is -2.25. The first-order valence-corrected chi connectivity index (χ1v) is 10.1. The van der Waals surface area contributed by atoms with Gasteiger partial charge in [0.2, 0.25) is 5.88 Å². The number of nitrogens with two attached hydrogens (primary N) is 1. The predicted octanol–water partition coefficient (Wildman–Crippen LogP) is 3.76. The molecule has 0 amide bonds. The molecule has 1 aromatic heterocycles. The third-order valence-electron chi connectivity index (χ3n) is 5.33. The molecule has 0 radical (unpaired) electrons. The van der Waals surface area contributed by atoms with Gasteiger partial charge in [0.1, 0.15) is 47.0 Å². The van der Waals surface area contributed by atoms with Crippen LogP contribution in [0.15, 0.2) is 69.2 Å². The Morgan fingerprint density at radius 1 is 1.09 bits per heavy atom. The Morgan fingerprint density at radius 3 is 2.61 bits per heavy atom. The topological polar surface area (TPSA) is 117 Å². The summed E-state index contributed by atoms with van der Waals surface area (Å²) < 4.78 is 27.5. The van der Waals surface area contributed by atoms with Crippen LogP contribution in [0.5, 0.6) is 23.0 Å². The Hall–Kier alpha value is -4.38. The van der Waals surface area contributed by atoms with Crippen molar-refractivity contribution in [1.82, 2.24) is 0 Å². The molecule has 8 heteroatoms. The fourth-order valence-electron chi connectivity index (χ4n) is 3.79. The molecule has 0 fully saturated rings. The number of hydrogen-bond acceptors (Lipinski definition) is 8. The summed E-state index contributed by atoms with van der Waals surface area (Å²) in [5.41, 5.74) is 7.17. The summed E-state index contributed by atoms with van der Waals surface area (Å²) in [6.07, 6.45) is 0. The van der Waals surface area contributed by atoms with Crippen LogP contribution in [0.3, 0.4) is 0 Å². The minimum atomic E-state index is -0.753. The largest absolute Gasteiger partial charge is 0.497 e. The van der Waals surface area contributed by atoms with Crippen LogP contribution in [0.25, 0.3) is 0 Å². The minimum absolute atomic E-state index is 0.0509. The van der Waals surface area contributed by atoms with E-state index in [-0.39, 0.29) is 29.4 Å². The van der Waals surface area contributed by atoms with Crippen LogP contribution >= 0.6 is 0 Å². The molecule has 0 saturated heterocycles. The second kappa shape index (κ2) is 9.01. The average Bonchev–Trinajstić information content (AvgIpc) is 2.81. The Bertz CT molecular complexity index is 1340. The lowest BCUT2D eigenvalue weighted by molar-refractivity contribution is 0.294. The molecular formula is C25H22N2O6. The molecule has 4 rings (SSSR count). The quantitative estimate of drug-likeness (QED) is 0.608. The predicted molar refractivity (Wildman–Crippen MR) is 119 cm³/mol. The normalized spacial score (nSPS) is 14.7. The molecule has 2 N–H and O–H groups in total. The van der Waals surface area contributed by atoms with Crippen molar-refractivity contribution in [1.29, 1.82) is 5.26 Å². The maximum absolute atomic E-state index is 12.7. The second-order valence-electron chi connectivity index (χ2n) is 7.39. The Morgan fingerprint density at radius 2 is 1.88 bits per heavy atom. The van der Waals surface area contributed by atoms with E-state index >= 15 is 0 Å². The molecule has 0 bridgehead atoms. The maximum Gasteiger partial charge on any atom is 0.343 e. The van der Waals surface area contributed by atoms with Crippen molar-refractivity contribution in [2.24, 2.45) is 5.73 Å². The number of hydrogen-bond donors (Lipinski definition) is 1. The first kappa shape index (κ1) is 21.8. The van der Waals surface area contributed by atoms with Gasteiger partial charge in [0, 0.05) is 17.7 Å². The molecule has 2 heterocycles. The van der Waals surface area contributed by atoms with E-state index in [1.807, 2.05) is 24.3 Å². The van der Waals surface area contributed by atoms with Crippen LogP contribution in [0.4, 0.5) is 0 Å². The molecule has 0 unspecified atom stereocenters. The van der Waals surface area contributed by atoms with E-state index < -0.39 is 11.5 Å². The molecule has 168 valence electrons. The number of aryl methyl sites for hydroxylation is 1. The van der Waals surface area contributed by atoms with Crippen molar-refractivity contribution in [3.8, 4) is 29.1 Å². The fraction of sp³-hybridized carbons (Fsp3) is 0.200. The molecule has 8 nitrogen and oxygen atoms in total. The third kappa shape index (κ3) is 4.21. The van der Waals surface area contributed by atoms with Crippen molar-refractivity contribution in [3.63, 3.8) is 0 Å². The van der Waals surface area contributed by atoms with Gasteiger partial charge in [0.25, 0.3) is 0 Å². The highest BCUT2D eigenvalue weighted by Gasteiger charge is 2.34. The highest BCUT2D eigenvalue weighted by atomic mass is 16.5. The molecule has 0 aliphatic carbocycles. The fourth-order valence-corrected chi connectivity index (χ4v) is 3.79. The smallest absolute Gasteiger partial charge is 0.343 e. The van der Waals surface area contributed by atoms with Gasteiger partial charge in [-0.15, -0.1) is 0 Å². The van der Waals surface area contributed by atoms with Gasteiger partial charge in [-0.05, 0) is 36.8 Å². The Balaban J connectivity index is 1.76. The summed E-state index contributed by atoms with van der Waals surface area (Å²) >= 11 is 0. The van der Waals surface area contributed by atoms with Gasteiger partial charge in [-0.1, -0.05) is 12.1 Å². The zero-order valence-electron chi connectivity index (χ0n) is 18.4. The summed E-state index contributed by atoms with van der Waals surface area (Å²) in [6, 6.07) is 16.3. The SMILES string of the molecule is COc1cccc(OCc2cc([C@H]3C(C#N)=C(N)Oc4cc(C)oc(=O)c43)ccc2OC)c1. The first-order chi connectivity index (χ1) is 15.9. The zero-order chi connectivity index (χ0) is 23.5. The van der Waals surface area contributed by atoms with Crippen molar-refractivity contribution >= 4 is 0 Å². The third-order valence-corrected chi connectivity index (χ3v) is 5.33. The molecule has 0 spiro atoms. The highest BCUT2D eigenvalue weighted by molar-refractivity contribution is 5.56. The van der Waals surface area contributed by atoms with E-state index in [9.17, 15) is 10.1 Å². The van der Waals surface area contributed by atoms with E-state index in [1.54, 1.807) is 45.4 Å². The molecule has 3 aromatic rings. The van der Waals surface area contributed by atoms with Crippen LogP contribution in [-0.2, 0) is 6.61 Å². The highest BCUT2D eigenvalue weighted by Crippen LogP contribution is 2.41. The molecule has 0 saturated carbocycles. The van der Waals surface area contributed by atoms with Gasteiger partial charge < -0.3 is 29.1 Å². The van der Waals surface area contributed by atoms with Crippen molar-refractivity contribution in [3.05, 3.63) is 92.9 Å². The Labute approximate surface area is 190 Å². The Kier molecular flexibility index (Phi) is 5.96. The zero-order valence-corrected chi connectivity index (χ0v) is 18.4. The van der Waals surface area contributed by atoms with Crippen LogP contribution in [-0.4, -0.2) is 14.2 Å². The van der Waals surface area contributed by atoms with Gasteiger partial charge in [0.15, 0.2) is 0 Å². The summed E-state index contributed by atoms with van der Waals surface area (Å²) in [5, 5.41) is 9.77. The van der Waals surface area contributed by atoms with Crippen LogP contribution in [0, 0.1) is 18.3 Å². The van der Waals surface area contributed by atoms with E-state index in [2.05, 4.69) is 6.07 Å². The molecule has 1 aliphatic rings. The number of nitriles is 1. The van der Waals surface area contributed by atoms with E-state index in [0.717, 1.165) is 5.56 Å². The molecule has 33 heavy (non-hydrogen) atoms. The molecule has 2 aromatic carbocycles. The maximum atomic E-state index is 12.7. The summed E-state index contributed by atoms with van der Waals surface area (Å²) in [4.78, 5) is 12.7. The van der Waals surface area contributed by atoms with Gasteiger partial charge in [-0.25, -0.2) is 4.79 Å². The van der Waals surface area contributed by atoms with E-state index in [4.69, 9.17) is 29.1 Å². The number of methoxy groups -OCH3 is 2. The molecule has 1 aliphatic heterocycles. The van der Waals surface area contributed by atoms with Gasteiger partial charge in [0.05, 0.1) is 25.7 Å². The van der Waals surface area contributed by atoms with Crippen molar-refractivity contribution < 1.29 is 23.4 Å². The second-order valence-corrected chi connectivity index (χ2v) is 7.39. The summed E-state index contributed by atoms with van der Waals surface area (Å²) in [5.74, 6) is 1.75. The van der Waals surface area contributed by atoms with Gasteiger partial charge in [-0.3, -0.25) is 0 Å². The van der Waals surface area contributed by atoms with E-state index in [1.165, 1.54) is 0 Å². The number of nitrogens with zero attached hydrogens (tertiary/aromatic N) is 1. The van der Waals surface area contributed by atoms with E-state index in [0.29, 0.717) is 28.6 Å². The summed E-state index contributed by atoms with van der Waals surface area (Å²) in [7, 11) is 3.14. The minimum Gasteiger partial charge on any atom is -0.497 e.